The topological polar surface area (TPSA) is 110 Å². The fourth-order valence-electron chi connectivity index (χ4n) is 3.86. The summed E-state index contributed by atoms with van der Waals surface area (Å²) in [5.74, 6) is 0.00425. The lowest BCUT2D eigenvalue weighted by atomic mass is 9.80. The molecule has 0 atom stereocenters. The van der Waals surface area contributed by atoms with Crippen LogP contribution >= 0.6 is 0 Å². The largest absolute Gasteiger partial charge is 0.343 e. The summed E-state index contributed by atoms with van der Waals surface area (Å²) >= 11 is 0. The minimum absolute atomic E-state index is 0.00419. The molecule has 0 aliphatic heterocycles. The second kappa shape index (κ2) is 7.35. The second-order valence-corrected chi connectivity index (χ2v) is 7.84. The van der Waals surface area contributed by atoms with Crippen LogP contribution < -0.4 is 11.1 Å². The summed E-state index contributed by atoms with van der Waals surface area (Å²) in [5, 5.41) is 3.90. The average molecular weight is 398 g/mol. The third-order valence-corrected chi connectivity index (χ3v) is 5.55. The van der Waals surface area contributed by atoms with Crippen molar-refractivity contribution in [3.63, 3.8) is 0 Å². The predicted molar refractivity (Wildman–Crippen MR) is 117 cm³/mol. The molecule has 0 radical (unpaired) electrons. The maximum absolute atomic E-state index is 12.3. The maximum Gasteiger partial charge on any atom is 0.227 e. The number of rotatable bonds is 4. The highest BCUT2D eigenvalue weighted by molar-refractivity contribution is 5.96. The first-order valence-electron chi connectivity index (χ1n) is 10.0. The second-order valence-electron chi connectivity index (χ2n) is 7.84. The highest BCUT2D eigenvalue weighted by Gasteiger charge is 2.31. The molecule has 1 amide bonds. The maximum atomic E-state index is 12.3. The predicted octanol–water partition coefficient (Wildman–Crippen LogP) is 3.67. The van der Waals surface area contributed by atoms with Crippen molar-refractivity contribution >= 4 is 22.5 Å². The van der Waals surface area contributed by atoms with Crippen molar-refractivity contribution in [2.45, 2.75) is 25.8 Å². The van der Waals surface area contributed by atoms with E-state index in [2.05, 4.69) is 25.3 Å². The molecular formula is C23H22N6O. The van der Waals surface area contributed by atoms with Gasteiger partial charge in [0, 0.05) is 28.6 Å². The fraction of sp³-hybridized carbons (Fsp3) is 0.217. The molecule has 30 heavy (non-hydrogen) atoms. The van der Waals surface area contributed by atoms with Crippen molar-refractivity contribution in [1.29, 1.82) is 0 Å². The van der Waals surface area contributed by atoms with Gasteiger partial charge in [-0.1, -0.05) is 12.1 Å². The number of fused-ring (bicyclic) bond motifs is 1. The van der Waals surface area contributed by atoms with Crippen LogP contribution in [-0.2, 0) is 4.79 Å². The van der Waals surface area contributed by atoms with E-state index in [1.54, 1.807) is 12.5 Å². The number of nitrogens with two attached hydrogens (primary N) is 1. The van der Waals surface area contributed by atoms with Gasteiger partial charge in [-0.25, -0.2) is 4.98 Å². The van der Waals surface area contributed by atoms with Gasteiger partial charge in [0.2, 0.25) is 5.91 Å². The average Bonchev–Trinajstić information content (AvgIpc) is 3.21. The van der Waals surface area contributed by atoms with Crippen LogP contribution in [0.3, 0.4) is 0 Å². The van der Waals surface area contributed by atoms with E-state index in [0.717, 1.165) is 52.1 Å². The number of imidazole rings is 1. The normalized spacial score (nSPS) is 18.2. The highest BCUT2D eigenvalue weighted by Crippen LogP contribution is 2.31. The molecule has 4 aromatic rings. The van der Waals surface area contributed by atoms with Crippen molar-refractivity contribution in [2.75, 3.05) is 5.32 Å². The number of amides is 1. The van der Waals surface area contributed by atoms with Gasteiger partial charge in [0.25, 0.3) is 0 Å². The number of aromatic amines is 1. The van der Waals surface area contributed by atoms with E-state index in [-0.39, 0.29) is 17.9 Å². The summed E-state index contributed by atoms with van der Waals surface area (Å²) in [6, 6.07) is 14.0. The molecule has 150 valence electrons. The van der Waals surface area contributed by atoms with Crippen LogP contribution in [0, 0.1) is 12.8 Å². The van der Waals surface area contributed by atoms with Crippen molar-refractivity contribution in [2.24, 2.45) is 11.7 Å². The van der Waals surface area contributed by atoms with E-state index in [9.17, 15) is 4.79 Å². The number of hydrogen-bond acceptors (Lipinski definition) is 5. The minimum Gasteiger partial charge on any atom is -0.343 e. The zero-order valence-corrected chi connectivity index (χ0v) is 16.6. The lowest BCUT2D eigenvalue weighted by Crippen LogP contribution is -2.42. The molecule has 0 unspecified atom stereocenters. The molecule has 4 N–H and O–H groups in total. The van der Waals surface area contributed by atoms with Crippen LogP contribution in [0.15, 0.2) is 55.0 Å². The summed E-state index contributed by atoms with van der Waals surface area (Å²) in [6.45, 7) is 1.97. The third kappa shape index (κ3) is 3.44. The van der Waals surface area contributed by atoms with Crippen LogP contribution in [0.5, 0.6) is 0 Å². The number of aromatic nitrogens is 4. The number of pyridine rings is 2. The summed E-state index contributed by atoms with van der Waals surface area (Å²) in [6.07, 6.45) is 4.85. The summed E-state index contributed by atoms with van der Waals surface area (Å²) in [5.41, 5.74) is 11.8. The summed E-state index contributed by atoms with van der Waals surface area (Å²) in [7, 11) is 0. The zero-order chi connectivity index (χ0) is 20.7. The van der Waals surface area contributed by atoms with Crippen LogP contribution in [0.25, 0.3) is 33.5 Å². The molecule has 0 bridgehead atoms. The van der Waals surface area contributed by atoms with Gasteiger partial charge in [-0.15, -0.1) is 0 Å². The van der Waals surface area contributed by atoms with Crippen molar-refractivity contribution < 1.29 is 4.79 Å². The van der Waals surface area contributed by atoms with E-state index in [0.29, 0.717) is 5.69 Å². The molecule has 1 aliphatic carbocycles. The van der Waals surface area contributed by atoms with E-state index in [1.807, 2.05) is 49.4 Å². The number of aryl methyl sites for hydroxylation is 1. The van der Waals surface area contributed by atoms with Gasteiger partial charge in [-0.05, 0) is 50.1 Å². The van der Waals surface area contributed by atoms with E-state index in [4.69, 9.17) is 5.73 Å². The fourth-order valence-corrected chi connectivity index (χ4v) is 3.86. The van der Waals surface area contributed by atoms with Crippen LogP contribution in [-0.4, -0.2) is 31.9 Å². The Labute approximate surface area is 173 Å². The van der Waals surface area contributed by atoms with Gasteiger partial charge >= 0.3 is 0 Å². The molecule has 3 aromatic heterocycles. The zero-order valence-electron chi connectivity index (χ0n) is 16.6. The van der Waals surface area contributed by atoms with Gasteiger partial charge in [-0.2, -0.15) is 0 Å². The molecule has 1 aromatic carbocycles. The van der Waals surface area contributed by atoms with Gasteiger partial charge in [0.05, 0.1) is 40.8 Å². The quantitative estimate of drug-likeness (QED) is 0.486. The smallest absolute Gasteiger partial charge is 0.227 e. The third-order valence-electron chi connectivity index (χ3n) is 5.55. The number of nitrogens with one attached hydrogen (secondary N) is 2. The molecule has 1 aliphatic rings. The molecule has 1 fully saturated rings. The summed E-state index contributed by atoms with van der Waals surface area (Å²) in [4.78, 5) is 29.2. The number of H-pyrrole nitrogens is 1. The van der Waals surface area contributed by atoms with Gasteiger partial charge in [-0.3, -0.25) is 14.8 Å². The lowest BCUT2D eigenvalue weighted by Gasteiger charge is -2.31. The molecule has 5 rings (SSSR count). The van der Waals surface area contributed by atoms with Gasteiger partial charge < -0.3 is 16.0 Å². The van der Waals surface area contributed by atoms with Gasteiger partial charge in [0.15, 0.2) is 0 Å². The van der Waals surface area contributed by atoms with Crippen molar-refractivity contribution in [3.8, 4) is 22.6 Å². The number of carbonyl (C=O) groups excluding carboxylic acids is 1. The first kappa shape index (κ1) is 18.4. The number of hydrogen-bond donors (Lipinski definition) is 3. The van der Waals surface area contributed by atoms with E-state index >= 15 is 0 Å². The van der Waals surface area contributed by atoms with Crippen molar-refractivity contribution in [1.82, 2.24) is 19.9 Å². The Hall–Kier alpha value is -3.58. The Morgan fingerprint density at radius 3 is 2.83 bits per heavy atom. The number of benzene rings is 1. The molecule has 7 heteroatoms. The van der Waals surface area contributed by atoms with E-state index < -0.39 is 0 Å². The highest BCUT2D eigenvalue weighted by atomic mass is 16.1. The van der Waals surface area contributed by atoms with Crippen LogP contribution in [0.4, 0.5) is 5.69 Å². The lowest BCUT2D eigenvalue weighted by molar-refractivity contribution is -0.122. The van der Waals surface area contributed by atoms with Gasteiger partial charge in [0.1, 0.15) is 0 Å². The first-order chi connectivity index (χ1) is 14.6. The minimum atomic E-state index is -0.00419. The standard InChI is InChI=1S/C23H22N6O/c1-13-3-2-4-20(28-13)22-21(26-12-27-22)14-5-6-19-15(7-14)10-18(11-25-19)29-23(30)16-8-17(24)9-16/h2-7,10-12,16-17H,8-9,24H2,1H3,(H,26,27)(H,29,30). The molecular weight excluding hydrogens is 376 g/mol. The Morgan fingerprint density at radius 1 is 1.17 bits per heavy atom. The number of nitrogens with zero attached hydrogens (tertiary/aromatic N) is 3. The summed E-state index contributed by atoms with van der Waals surface area (Å²) < 4.78 is 0. The number of carbonyl (C=O) groups is 1. The molecule has 1 saturated carbocycles. The Morgan fingerprint density at radius 2 is 2.03 bits per heavy atom. The SMILES string of the molecule is Cc1cccc(-c2[nH]cnc2-c2ccc3ncc(NC(=O)C4CC(N)C4)cc3c2)n1. The monoisotopic (exact) mass is 398 g/mol. The molecule has 3 heterocycles. The Kier molecular flexibility index (Phi) is 4.52. The van der Waals surface area contributed by atoms with E-state index in [1.165, 1.54) is 0 Å². The molecule has 0 saturated heterocycles. The first-order valence-corrected chi connectivity index (χ1v) is 10.0. The molecule has 7 nitrogen and oxygen atoms in total. The van der Waals surface area contributed by atoms with Crippen LogP contribution in [0.2, 0.25) is 0 Å². The van der Waals surface area contributed by atoms with Crippen LogP contribution in [0.1, 0.15) is 18.5 Å². The Balaban J connectivity index is 1.47. The van der Waals surface area contributed by atoms with Crippen molar-refractivity contribution in [3.05, 3.63) is 60.7 Å². The Bertz CT molecular complexity index is 1240. The number of anilines is 1. The molecule has 0 spiro atoms.